The zero-order valence-electron chi connectivity index (χ0n) is 9.50. The van der Waals surface area contributed by atoms with Gasteiger partial charge in [-0.1, -0.05) is 60.3 Å². The number of benzene rings is 2. The van der Waals surface area contributed by atoms with Crippen molar-refractivity contribution in [3.63, 3.8) is 0 Å². The minimum atomic E-state index is 0.271. The van der Waals surface area contributed by atoms with Crippen LogP contribution in [0.1, 0.15) is 11.1 Å². The summed E-state index contributed by atoms with van der Waals surface area (Å²) in [6.45, 7) is 0.701. The summed E-state index contributed by atoms with van der Waals surface area (Å²) in [4.78, 5) is 1.37. The molecule has 0 fully saturated rings. The Bertz CT molecular complexity index is 470. The maximum Gasteiger partial charge on any atom is 0.112 e. The normalized spacial score (nSPS) is 18.0. The van der Waals surface area contributed by atoms with Crippen molar-refractivity contribution in [3.05, 3.63) is 65.7 Å². The molecule has 2 heteroatoms. The number of fused-ring (bicyclic) bond motifs is 1. The Morgan fingerprint density at radius 1 is 1.00 bits per heavy atom. The zero-order chi connectivity index (χ0) is 11.5. The summed E-state index contributed by atoms with van der Waals surface area (Å²) in [5.74, 6) is 0. The third-order valence-electron chi connectivity index (χ3n) is 2.90. The van der Waals surface area contributed by atoms with E-state index in [9.17, 15) is 0 Å². The first-order chi connectivity index (χ1) is 8.42. The lowest BCUT2D eigenvalue weighted by atomic mass is 10.2. The molecule has 1 heterocycles. The Balaban J connectivity index is 1.59. The number of rotatable bonds is 3. The third kappa shape index (κ3) is 2.54. The Morgan fingerprint density at radius 3 is 2.59 bits per heavy atom. The van der Waals surface area contributed by atoms with Crippen LogP contribution < -0.4 is 0 Å². The van der Waals surface area contributed by atoms with Crippen LogP contribution in [0, 0.1) is 0 Å². The van der Waals surface area contributed by atoms with Gasteiger partial charge in [0.2, 0.25) is 0 Å². The van der Waals surface area contributed by atoms with E-state index in [-0.39, 0.29) is 5.44 Å². The molecule has 1 aliphatic rings. The predicted octanol–water partition coefficient (Wildman–Crippen LogP) is 3.88. The topological polar surface area (TPSA) is 9.23 Å². The van der Waals surface area contributed by atoms with Crippen molar-refractivity contribution in [2.75, 3.05) is 0 Å². The van der Waals surface area contributed by atoms with Crippen molar-refractivity contribution in [2.24, 2.45) is 0 Å². The van der Waals surface area contributed by atoms with Crippen LogP contribution in [0.5, 0.6) is 0 Å². The van der Waals surface area contributed by atoms with E-state index < -0.39 is 0 Å². The lowest BCUT2D eigenvalue weighted by molar-refractivity contribution is 0.101. The van der Waals surface area contributed by atoms with Gasteiger partial charge < -0.3 is 4.74 Å². The van der Waals surface area contributed by atoms with Gasteiger partial charge in [0.25, 0.3) is 0 Å². The molecule has 1 nitrogen and oxygen atoms in total. The molecule has 1 atom stereocenters. The van der Waals surface area contributed by atoms with Crippen LogP contribution in [-0.4, -0.2) is 5.44 Å². The minimum Gasteiger partial charge on any atom is -0.362 e. The summed E-state index contributed by atoms with van der Waals surface area (Å²) >= 11 is 1.83. The third-order valence-corrected chi connectivity index (χ3v) is 4.11. The molecule has 1 unspecified atom stereocenters. The Kier molecular flexibility index (Phi) is 3.16. The van der Waals surface area contributed by atoms with Gasteiger partial charge in [0, 0.05) is 11.3 Å². The maximum absolute atomic E-state index is 5.93. The highest BCUT2D eigenvalue weighted by molar-refractivity contribution is 8.00. The summed E-state index contributed by atoms with van der Waals surface area (Å²) in [5.41, 5.74) is 2.92. The molecule has 0 radical (unpaired) electrons. The second-order valence-electron chi connectivity index (χ2n) is 4.16. The molecule has 0 bridgehead atoms. The van der Waals surface area contributed by atoms with Gasteiger partial charge in [0.1, 0.15) is 5.44 Å². The lowest BCUT2D eigenvalue weighted by Crippen LogP contribution is -2.06. The van der Waals surface area contributed by atoms with Gasteiger partial charge in [0.05, 0.1) is 6.61 Å². The fourth-order valence-electron chi connectivity index (χ4n) is 2.01. The van der Waals surface area contributed by atoms with Crippen LogP contribution >= 0.6 is 11.8 Å². The first-order valence-electron chi connectivity index (χ1n) is 5.82. The van der Waals surface area contributed by atoms with Gasteiger partial charge in [-0.25, -0.2) is 0 Å². The van der Waals surface area contributed by atoms with Crippen LogP contribution in [-0.2, 0) is 17.8 Å². The second kappa shape index (κ2) is 4.94. The van der Waals surface area contributed by atoms with Crippen molar-refractivity contribution in [1.82, 2.24) is 0 Å². The van der Waals surface area contributed by atoms with Crippen LogP contribution in [0.3, 0.4) is 0 Å². The quantitative estimate of drug-likeness (QED) is 0.808. The Hall–Kier alpha value is -1.25. The monoisotopic (exact) mass is 242 g/mol. The van der Waals surface area contributed by atoms with E-state index in [1.807, 2.05) is 17.8 Å². The zero-order valence-corrected chi connectivity index (χ0v) is 10.3. The molecule has 0 spiro atoms. The minimum absolute atomic E-state index is 0.271. The number of ether oxygens (including phenoxy) is 1. The smallest absolute Gasteiger partial charge is 0.112 e. The van der Waals surface area contributed by atoms with Crippen LogP contribution in [0.15, 0.2) is 59.5 Å². The van der Waals surface area contributed by atoms with E-state index >= 15 is 0 Å². The van der Waals surface area contributed by atoms with Crippen molar-refractivity contribution in [2.45, 2.75) is 23.4 Å². The fraction of sp³-hybridized carbons (Fsp3) is 0.200. The molecule has 0 N–H and O–H groups in total. The van der Waals surface area contributed by atoms with Crippen molar-refractivity contribution >= 4 is 11.8 Å². The van der Waals surface area contributed by atoms with E-state index in [1.54, 1.807) is 0 Å². The molecule has 0 saturated carbocycles. The number of hydrogen-bond acceptors (Lipinski definition) is 2. The second-order valence-corrected chi connectivity index (χ2v) is 5.36. The van der Waals surface area contributed by atoms with E-state index in [0.717, 1.165) is 6.42 Å². The highest BCUT2D eigenvalue weighted by Crippen LogP contribution is 2.37. The Morgan fingerprint density at radius 2 is 1.76 bits per heavy atom. The van der Waals surface area contributed by atoms with E-state index in [4.69, 9.17) is 4.74 Å². The van der Waals surface area contributed by atoms with E-state index in [1.165, 1.54) is 16.0 Å². The van der Waals surface area contributed by atoms with Crippen molar-refractivity contribution < 1.29 is 4.74 Å². The molecular weight excluding hydrogens is 228 g/mol. The molecule has 0 aliphatic carbocycles. The summed E-state index contributed by atoms with van der Waals surface area (Å²) in [6.07, 6.45) is 1.02. The standard InChI is InChI=1S/C15H14OS/c1-2-6-12(7-3-1)11-16-15-10-13-8-4-5-9-14(13)17-15/h1-9,15H,10-11H2. The highest BCUT2D eigenvalue weighted by atomic mass is 32.2. The molecule has 0 aromatic heterocycles. The first-order valence-corrected chi connectivity index (χ1v) is 6.70. The van der Waals surface area contributed by atoms with Gasteiger partial charge in [-0.2, -0.15) is 0 Å². The van der Waals surface area contributed by atoms with Crippen LogP contribution in [0.25, 0.3) is 0 Å². The molecule has 3 rings (SSSR count). The molecule has 2 aromatic carbocycles. The first kappa shape index (κ1) is 10.9. The van der Waals surface area contributed by atoms with Gasteiger partial charge in [-0.05, 0) is 17.2 Å². The summed E-state index contributed by atoms with van der Waals surface area (Å²) < 4.78 is 5.93. The van der Waals surface area contributed by atoms with Gasteiger partial charge in [-0.3, -0.25) is 0 Å². The van der Waals surface area contributed by atoms with Crippen LogP contribution in [0.2, 0.25) is 0 Å². The molecule has 2 aromatic rings. The maximum atomic E-state index is 5.93. The molecule has 86 valence electrons. The predicted molar refractivity (Wildman–Crippen MR) is 71.0 cm³/mol. The summed E-state index contributed by atoms with van der Waals surface area (Å²) in [5, 5.41) is 0. The van der Waals surface area contributed by atoms with Crippen molar-refractivity contribution in [3.8, 4) is 0 Å². The molecular formula is C15H14OS. The number of hydrogen-bond donors (Lipinski definition) is 0. The molecule has 1 aliphatic heterocycles. The van der Waals surface area contributed by atoms with Crippen LogP contribution in [0.4, 0.5) is 0 Å². The average Bonchev–Trinajstić information content (AvgIpc) is 2.80. The number of thioether (sulfide) groups is 1. The summed E-state index contributed by atoms with van der Waals surface area (Å²) in [6, 6.07) is 18.9. The van der Waals surface area contributed by atoms with E-state index in [0.29, 0.717) is 6.61 Å². The van der Waals surface area contributed by atoms with Gasteiger partial charge in [0.15, 0.2) is 0 Å². The SMILES string of the molecule is c1ccc(COC2Cc3ccccc3S2)cc1. The lowest BCUT2D eigenvalue weighted by Gasteiger charge is -2.10. The fourth-order valence-corrected chi connectivity index (χ4v) is 3.15. The Labute approximate surface area is 106 Å². The van der Waals surface area contributed by atoms with Gasteiger partial charge in [-0.15, -0.1) is 0 Å². The average molecular weight is 242 g/mol. The molecule has 0 saturated heterocycles. The van der Waals surface area contributed by atoms with Gasteiger partial charge >= 0.3 is 0 Å². The molecule has 17 heavy (non-hydrogen) atoms. The summed E-state index contributed by atoms with van der Waals surface area (Å²) in [7, 11) is 0. The largest absolute Gasteiger partial charge is 0.362 e. The molecule has 0 amide bonds. The van der Waals surface area contributed by atoms with E-state index in [2.05, 4.69) is 48.5 Å². The highest BCUT2D eigenvalue weighted by Gasteiger charge is 2.21. The van der Waals surface area contributed by atoms with Crippen molar-refractivity contribution in [1.29, 1.82) is 0 Å².